The van der Waals surface area contributed by atoms with Gasteiger partial charge >= 0.3 is 0 Å². The van der Waals surface area contributed by atoms with Crippen LogP contribution in [-0.2, 0) is 6.54 Å². The first-order valence-electron chi connectivity index (χ1n) is 5.50. The van der Waals surface area contributed by atoms with Gasteiger partial charge in [0.1, 0.15) is 5.75 Å². The van der Waals surface area contributed by atoms with Gasteiger partial charge in [0.15, 0.2) is 5.78 Å². The normalized spacial score (nSPS) is 10.2. The summed E-state index contributed by atoms with van der Waals surface area (Å²) in [5.74, 6) is 0.917. The average molecular weight is 229 g/mol. The van der Waals surface area contributed by atoms with E-state index >= 15 is 0 Å². The highest BCUT2D eigenvalue weighted by molar-refractivity contribution is 5.92. The number of benzene rings is 1. The van der Waals surface area contributed by atoms with Crippen LogP contribution in [0.2, 0.25) is 0 Å². The molecule has 0 aliphatic rings. The van der Waals surface area contributed by atoms with Crippen LogP contribution in [0.1, 0.15) is 23.0 Å². The lowest BCUT2D eigenvalue weighted by Crippen LogP contribution is -2.07. The van der Waals surface area contributed by atoms with E-state index in [0.29, 0.717) is 6.54 Å². The number of ether oxygens (including phenoxy) is 1. The standard InChI is InChI=1S/C14H15NO2/c1-11(16)13-7-5-9-15(13)10-12-6-3-4-8-14(12)17-2/h3-9H,10H2,1-2H3. The fourth-order valence-electron chi connectivity index (χ4n) is 1.89. The number of para-hydroxylation sites is 1. The Labute approximate surface area is 101 Å². The zero-order valence-electron chi connectivity index (χ0n) is 10.0. The Hall–Kier alpha value is -2.03. The highest BCUT2D eigenvalue weighted by Gasteiger charge is 2.08. The van der Waals surface area contributed by atoms with Crippen LogP contribution in [0.4, 0.5) is 0 Å². The maximum atomic E-state index is 11.4. The van der Waals surface area contributed by atoms with Crippen molar-refractivity contribution in [1.29, 1.82) is 0 Å². The first-order chi connectivity index (χ1) is 8.22. The third-order valence-electron chi connectivity index (χ3n) is 2.72. The quantitative estimate of drug-likeness (QED) is 0.755. The molecule has 0 aliphatic carbocycles. The summed E-state index contributed by atoms with van der Waals surface area (Å²) in [6, 6.07) is 11.5. The number of nitrogens with zero attached hydrogens (tertiary/aromatic N) is 1. The van der Waals surface area contributed by atoms with Crippen LogP contribution < -0.4 is 4.74 Å². The number of carbonyl (C=O) groups is 1. The molecule has 0 saturated carbocycles. The third-order valence-corrected chi connectivity index (χ3v) is 2.72. The molecule has 0 spiro atoms. The van der Waals surface area contributed by atoms with Crippen LogP contribution in [0.25, 0.3) is 0 Å². The Balaban J connectivity index is 2.31. The van der Waals surface area contributed by atoms with E-state index < -0.39 is 0 Å². The maximum Gasteiger partial charge on any atom is 0.176 e. The smallest absolute Gasteiger partial charge is 0.176 e. The number of carbonyl (C=O) groups excluding carboxylic acids is 1. The predicted molar refractivity (Wildman–Crippen MR) is 66.5 cm³/mol. The van der Waals surface area contributed by atoms with Crippen molar-refractivity contribution in [2.24, 2.45) is 0 Å². The van der Waals surface area contributed by atoms with E-state index in [1.807, 2.05) is 47.2 Å². The van der Waals surface area contributed by atoms with Gasteiger partial charge in [-0.05, 0) is 18.2 Å². The second-order valence-corrected chi connectivity index (χ2v) is 3.89. The molecule has 0 bridgehead atoms. The van der Waals surface area contributed by atoms with Crippen molar-refractivity contribution < 1.29 is 9.53 Å². The molecule has 0 atom stereocenters. The van der Waals surface area contributed by atoms with E-state index in [1.165, 1.54) is 0 Å². The number of methoxy groups -OCH3 is 1. The molecular formula is C14H15NO2. The summed E-state index contributed by atoms with van der Waals surface area (Å²) in [7, 11) is 1.65. The van der Waals surface area contributed by atoms with Crippen molar-refractivity contribution in [2.75, 3.05) is 7.11 Å². The van der Waals surface area contributed by atoms with Crippen molar-refractivity contribution in [3.8, 4) is 5.75 Å². The molecule has 0 aliphatic heterocycles. The van der Waals surface area contributed by atoms with Crippen molar-refractivity contribution in [2.45, 2.75) is 13.5 Å². The second kappa shape index (κ2) is 4.87. The van der Waals surface area contributed by atoms with Gasteiger partial charge in [0, 0.05) is 18.7 Å². The topological polar surface area (TPSA) is 31.2 Å². The molecule has 0 saturated heterocycles. The van der Waals surface area contributed by atoms with Gasteiger partial charge in [-0.3, -0.25) is 4.79 Å². The predicted octanol–water partition coefficient (Wildman–Crippen LogP) is 2.75. The summed E-state index contributed by atoms with van der Waals surface area (Å²) in [5.41, 5.74) is 1.78. The minimum absolute atomic E-state index is 0.0740. The monoisotopic (exact) mass is 229 g/mol. The molecule has 0 fully saturated rings. The molecule has 1 heterocycles. The summed E-state index contributed by atoms with van der Waals surface area (Å²) in [6.45, 7) is 2.22. The SMILES string of the molecule is COc1ccccc1Cn1cccc1C(C)=O. The van der Waals surface area contributed by atoms with E-state index in [4.69, 9.17) is 4.74 Å². The number of Topliss-reactive ketones (excluding diaryl/α,β-unsaturated/α-hetero) is 1. The van der Waals surface area contributed by atoms with Crippen molar-refractivity contribution in [3.63, 3.8) is 0 Å². The maximum absolute atomic E-state index is 11.4. The minimum atomic E-state index is 0.0740. The fourth-order valence-corrected chi connectivity index (χ4v) is 1.89. The van der Waals surface area contributed by atoms with Gasteiger partial charge in [-0.15, -0.1) is 0 Å². The second-order valence-electron chi connectivity index (χ2n) is 3.89. The average Bonchev–Trinajstić information content (AvgIpc) is 2.78. The number of ketones is 1. The summed E-state index contributed by atoms with van der Waals surface area (Å²) in [5, 5.41) is 0. The first kappa shape index (κ1) is 11.5. The molecular weight excluding hydrogens is 214 g/mol. The molecule has 0 unspecified atom stereocenters. The molecule has 2 rings (SSSR count). The molecule has 1 aromatic carbocycles. The van der Waals surface area contributed by atoms with Crippen LogP contribution in [0.5, 0.6) is 5.75 Å². The summed E-state index contributed by atoms with van der Waals surface area (Å²) < 4.78 is 7.23. The summed E-state index contributed by atoms with van der Waals surface area (Å²) in [6.07, 6.45) is 1.91. The van der Waals surface area contributed by atoms with Crippen LogP contribution in [0, 0.1) is 0 Å². The van der Waals surface area contributed by atoms with Crippen LogP contribution in [0.15, 0.2) is 42.6 Å². The lowest BCUT2D eigenvalue weighted by molar-refractivity contribution is 0.100. The molecule has 1 aromatic heterocycles. The molecule has 88 valence electrons. The van der Waals surface area contributed by atoms with Crippen LogP contribution >= 0.6 is 0 Å². The van der Waals surface area contributed by atoms with Gasteiger partial charge in [0.05, 0.1) is 19.3 Å². The van der Waals surface area contributed by atoms with E-state index in [9.17, 15) is 4.79 Å². The number of hydrogen-bond acceptors (Lipinski definition) is 2. The third kappa shape index (κ3) is 2.38. The van der Waals surface area contributed by atoms with Gasteiger partial charge in [0.25, 0.3) is 0 Å². The Kier molecular flexibility index (Phi) is 3.28. The van der Waals surface area contributed by atoms with E-state index in [1.54, 1.807) is 14.0 Å². The Morgan fingerprint density at radius 3 is 2.71 bits per heavy atom. The summed E-state index contributed by atoms with van der Waals surface area (Å²) >= 11 is 0. The lowest BCUT2D eigenvalue weighted by atomic mass is 10.2. The highest BCUT2D eigenvalue weighted by atomic mass is 16.5. The van der Waals surface area contributed by atoms with Gasteiger partial charge in [-0.2, -0.15) is 0 Å². The van der Waals surface area contributed by atoms with Crippen molar-refractivity contribution >= 4 is 5.78 Å². The van der Waals surface area contributed by atoms with Crippen LogP contribution in [-0.4, -0.2) is 17.5 Å². The van der Waals surface area contributed by atoms with E-state index in [-0.39, 0.29) is 5.78 Å². The zero-order valence-corrected chi connectivity index (χ0v) is 10.0. The Morgan fingerprint density at radius 2 is 2.00 bits per heavy atom. The molecule has 17 heavy (non-hydrogen) atoms. The van der Waals surface area contributed by atoms with Gasteiger partial charge < -0.3 is 9.30 Å². The summed E-state index contributed by atoms with van der Waals surface area (Å²) in [4.78, 5) is 11.4. The number of hydrogen-bond donors (Lipinski definition) is 0. The molecule has 0 N–H and O–H groups in total. The molecule has 3 heteroatoms. The van der Waals surface area contributed by atoms with Gasteiger partial charge in [0.2, 0.25) is 0 Å². The largest absolute Gasteiger partial charge is 0.496 e. The Bertz CT molecular complexity index is 529. The minimum Gasteiger partial charge on any atom is -0.496 e. The first-order valence-corrected chi connectivity index (χ1v) is 5.50. The molecule has 3 nitrogen and oxygen atoms in total. The fraction of sp³-hybridized carbons (Fsp3) is 0.214. The lowest BCUT2D eigenvalue weighted by Gasteiger charge is -2.10. The van der Waals surface area contributed by atoms with E-state index in [0.717, 1.165) is 17.0 Å². The Morgan fingerprint density at radius 1 is 1.24 bits per heavy atom. The highest BCUT2D eigenvalue weighted by Crippen LogP contribution is 2.19. The zero-order chi connectivity index (χ0) is 12.3. The molecule has 2 aromatic rings. The van der Waals surface area contributed by atoms with Crippen molar-refractivity contribution in [1.82, 2.24) is 4.57 Å². The number of aromatic nitrogens is 1. The van der Waals surface area contributed by atoms with E-state index in [2.05, 4.69) is 0 Å². The van der Waals surface area contributed by atoms with Gasteiger partial charge in [-0.1, -0.05) is 18.2 Å². The molecule has 0 radical (unpaired) electrons. The van der Waals surface area contributed by atoms with Crippen LogP contribution in [0.3, 0.4) is 0 Å². The van der Waals surface area contributed by atoms with Gasteiger partial charge in [-0.25, -0.2) is 0 Å². The number of rotatable bonds is 4. The molecule has 0 amide bonds. The van der Waals surface area contributed by atoms with Crippen molar-refractivity contribution in [3.05, 3.63) is 53.9 Å².